The Bertz CT molecular complexity index is 121. The molecule has 0 atom stereocenters. The van der Waals surface area contributed by atoms with Crippen molar-refractivity contribution in [3.8, 4) is 0 Å². The molecule has 0 aliphatic rings. The molecule has 0 amide bonds. The van der Waals surface area contributed by atoms with E-state index in [1.807, 2.05) is 0 Å². The first-order chi connectivity index (χ1) is 5.66. The summed E-state index contributed by atoms with van der Waals surface area (Å²) in [6, 6.07) is 0. The molecule has 0 fully saturated rings. The Morgan fingerprint density at radius 3 is 2.46 bits per heavy atom. The van der Waals surface area contributed by atoms with Crippen LogP contribution in [0, 0.1) is 5.92 Å². The second-order valence-electron chi connectivity index (χ2n) is 3.19. The predicted molar refractivity (Wildman–Crippen MR) is 53.9 cm³/mol. The summed E-state index contributed by atoms with van der Waals surface area (Å²) >= 11 is 0. The molecule has 0 N–H and O–H groups in total. The third-order valence-electron chi connectivity index (χ3n) is 1.28. The van der Waals surface area contributed by atoms with Crippen molar-refractivity contribution in [1.29, 1.82) is 0 Å². The molecule has 3 nitrogen and oxygen atoms in total. The van der Waals surface area contributed by atoms with Crippen LogP contribution in [0.2, 0.25) is 0 Å². The average molecular weight is 190 g/mol. The highest BCUT2D eigenvalue weighted by atomic mass is 16.5. The minimum absolute atomic E-state index is 0. The van der Waals surface area contributed by atoms with Gasteiger partial charge in [-0.25, -0.2) is 0 Å². The zero-order chi connectivity index (χ0) is 9.40. The molecule has 3 heteroatoms. The Morgan fingerprint density at radius 1 is 1.38 bits per heavy atom. The average Bonchev–Trinajstić information content (AvgIpc) is 1.98. The van der Waals surface area contributed by atoms with E-state index in [0.717, 1.165) is 6.61 Å². The van der Waals surface area contributed by atoms with Gasteiger partial charge in [-0.2, -0.15) is 0 Å². The molecule has 0 rings (SSSR count). The Kier molecular flexibility index (Phi) is 11.2. The number of methoxy groups -OCH3 is 1. The lowest BCUT2D eigenvalue weighted by Gasteiger charge is -2.05. The summed E-state index contributed by atoms with van der Waals surface area (Å²) in [7, 11) is 1.52. The van der Waals surface area contributed by atoms with Crippen LogP contribution in [0.3, 0.4) is 0 Å². The fourth-order valence-corrected chi connectivity index (χ4v) is 0.738. The zero-order valence-electron chi connectivity index (χ0n) is 8.13. The standard InChI is InChI=1S/C9H18O3.CH4/c1-8(2)6-12-5-4-9(10)7-11-3;/h8H,4-7H2,1-3H3;1H4. The van der Waals surface area contributed by atoms with Crippen molar-refractivity contribution < 1.29 is 14.3 Å². The van der Waals surface area contributed by atoms with Gasteiger partial charge in [0.15, 0.2) is 5.78 Å². The van der Waals surface area contributed by atoms with Gasteiger partial charge in [-0.3, -0.25) is 4.79 Å². The van der Waals surface area contributed by atoms with Gasteiger partial charge in [0, 0.05) is 20.1 Å². The minimum atomic E-state index is 0. The quantitative estimate of drug-likeness (QED) is 0.575. The van der Waals surface area contributed by atoms with Crippen LogP contribution in [0.1, 0.15) is 27.7 Å². The number of carbonyl (C=O) groups is 1. The molecular weight excluding hydrogens is 168 g/mol. The highest BCUT2D eigenvalue weighted by molar-refractivity contribution is 5.79. The molecule has 0 bridgehead atoms. The summed E-state index contributed by atoms with van der Waals surface area (Å²) in [5.41, 5.74) is 0. The lowest BCUT2D eigenvalue weighted by Crippen LogP contribution is -2.11. The van der Waals surface area contributed by atoms with Crippen molar-refractivity contribution in [3.63, 3.8) is 0 Å². The topological polar surface area (TPSA) is 35.5 Å². The van der Waals surface area contributed by atoms with Gasteiger partial charge >= 0.3 is 0 Å². The summed E-state index contributed by atoms with van der Waals surface area (Å²) in [5, 5.41) is 0. The van der Waals surface area contributed by atoms with E-state index in [9.17, 15) is 4.79 Å². The SMILES string of the molecule is C.COCC(=O)CCOCC(C)C. The number of Topliss-reactive ketones (excluding diaryl/α,β-unsaturated/α-hetero) is 1. The number of rotatable bonds is 7. The summed E-state index contributed by atoms with van der Waals surface area (Å²) in [6.07, 6.45) is 0.459. The van der Waals surface area contributed by atoms with E-state index < -0.39 is 0 Å². The monoisotopic (exact) mass is 190 g/mol. The summed E-state index contributed by atoms with van der Waals surface area (Å²) in [4.78, 5) is 10.9. The molecule has 0 radical (unpaired) electrons. The first-order valence-corrected chi connectivity index (χ1v) is 4.25. The Morgan fingerprint density at radius 2 is 2.00 bits per heavy atom. The van der Waals surface area contributed by atoms with Crippen LogP contribution in [-0.4, -0.2) is 32.7 Å². The van der Waals surface area contributed by atoms with E-state index in [0.29, 0.717) is 18.9 Å². The van der Waals surface area contributed by atoms with E-state index in [1.54, 1.807) is 0 Å². The van der Waals surface area contributed by atoms with Gasteiger partial charge in [-0.05, 0) is 5.92 Å². The van der Waals surface area contributed by atoms with Gasteiger partial charge < -0.3 is 9.47 Å². The second-order valence-corrected chi connectivity index (χ2v) is 3.19. The van der Waals surface area contributed by atoms with Gasteiger partial charge in [0.1, 0.15) is 6.61 Å². The summed E-state index contributed by atoms with van der Waals surface area (Å²) in [5.74, 6) is 0.629. The van der Waals surface area contributed by atoms with Crippen LogP contribution < -0.4 is 0 Å². The number of hydrogen-bond acceptors (Lipinski definition) is 3. The van der Waals surface area contributed by atoms with Crippen LogP contribution in [0.15, 0.2) is 0 Å². The van der Waals surface area contributed by atoms with Crippen molar-refractivity contribution in [2.45, 2.75) is 27.7 Å². The van der Waals surface area contributed by atoms with E-state index in [2.05, 4.69) is 18.6 Å². The smallest absolute Gasteiger partial charge is 0.160 e. The van der Waals surface area contributed by atoms with Crippen LogP contribution in [0.25, 0.3) is 0 Å². The van der Waals surface area contributed by atoms with Crippen molar-refractivity contribution in [3.05, 3.63) is 0 Å². The van der Waals surface area contributed by atoms with Crippen LogP contribution >= 0.6 is 0 Å². The normalized spacial score (nSPS) is 9.85. The van der Waals surface area contributed by atoms with Gasteiger partial charge in [0.2, 0.25) is 0 Å². The van der Waals surface area contributed by atoms with E-state index >= 15 is 0 Å². The number of ether oxygens (including phenoxy) is 2. The zero-order valence-corrected chi connectivity index (χ0v) is 8.13. The van der Waals surface area contributed by atoms with Gasteiger partial charge in [-0.15, -0.1) is 0 Å². The van der Waals surface area contributed by atoms with Crippen molar-refractivity contribution in [1.82, 2.24) is 0 Å². The Balaban J connectivity index is 0. The van der Waals surface area contributed by atoms with Crippen LogP contribution in [-0.2, 0) is 14.3 Å². The molecule has 0 aromatic carbocycles. The van der Waals surface area contributed by atoms with Crippen LogP contribution in [0.5, 0.6) is 0 Å². The van der Waals surface area contributed by atoms with Crippen LogP contribution in [0.4, 0.5) is 0 Å². The third kappa shape index (κ3) is 11.6. The number of ketones is 1. The summed E-state index contributed by atoms with van der Waals surface area (Å²) in [6.45, 7) is 5.60. The third-order valence-corrected chi connectivity index (χ3v) is 1.28. The molecule has 0 unspecified atom stereocenters. The van der Waals surface area contributed by atoms with E-state index in [4.69, 9.17) is 4.74 Å². The number of carbonyl (C=O) groups excluding carboxylic acids is 1. The van der Waals surface area contributed by atoms with Crippen molar-refractivity contribution >= 4 is 5.78 Å². The van der Waals surface area contributed by atoms with Crippen molar-refractivity contribution in [2.24, 2.45) is 5.92 Å². The van der Waals surface area contributed by atoms with Gasteiger partial charge in [0.05, 0.1) is 6.61 Å². The maximum atomic E-state index is 10.9. The minimum Gasteiger partial charge on any atom is -0.381 e. The van der Waals surface area contributed by atoms with Crippen molar-refractivity contribution in [2.75, 3.05) is 26.9 Å². The van der Waals surface area contributed by atoms with Gasteiger partial charge in [0.25, 0.3) is 0 Å². The van der Waals surface area contributed by atoms with Gasteiger partial charge in [-0.1, -0.05) is 21.3 Å². The van der Waals surface area contributed by atoms with E-state index in [1.165, 1.54) is 7.11 Å². The molecule has 0 aliphatic carbocycles. The molecule has 0 aromatic heterocycles. The Labute approximate surface area is 81.4 Å². The lowest BCUT2D eigenvalue weighted by atomic mass is 10.2. The first kappa shape index (κ1) is 15.1. The second kappa shape index (κ2) is 9.68. The molecule has 13 heavy (non-hydrogen) atoms. The Hall–Kier alpha value is -0.410. The molecule has 0 heterocycles. The lowest BCUT2D eigenvalue weighted by molar-refractivity contribution is -0.123. The number of hydrogen-bond donors (Lipinski definition) is 0. The fraction of sp³-hybridized carbons (Fsp3) is 0.900. The molecule has 0 aliphatic heterocycles. The highest BCUT2D eigenvalue weighted by Gasteiger charge is 2.00. The molecule has 80 valence electrons. The largest absolute Gasteiger partial charge is 0.381 e. The van der Waals surface area contributed by atoms with E-state index in [-0.39, 0.29) is 19.8 Å². The molecular formula is C10H22O3. The molecule has 0 saturated carbocycles. The fourth-order valence-electron chi connectivity index (χ4n) is 0.738. The molecule has 0 saturated heterocycles. The maximum Gasteiger partial charge on any atom is 0.160 e. The maximum absolute atomic E-state index is 10.9. The summed E-state index contributed by atoms with van der Waals surface area (Å²) < 4.78 is 9.91. The predicted octanol–water partition coefficient (Wildman–Crippen LogP) is 1.90. The highest BCUT2D eigenvalue weighted by Crippen LogP contribution is 1.93. The molecule has 0 aromatic rings. The molecule has 0 spiro atoms. The first-order valence-electron chi connectivity index (χ1n) is 4.25.